The summed E-state index contributed by atoms with van der Waals surface area (Å²) in [5.41, 5.74) is 5.74. The Morgan fingerprint density at radius 1 is 1.35 bits per heavy atom. The maximum Gasteiger partial charge on any atom is 0.275 e. The van der Waals surface area contributed by atoms with E-state index in [4.69, 9.17) is 16.9 Å². The fraction of sp³-hybridized carbons (Fsp3) is 0.300. The Bertz CT molecular complexity index is 1140. The number of hydrogen-bond acceptors (Lipinski definition) is 7. The van der Waals surface area contributed by atoms with Crippen LogP contribution < -0.4 is 15.8 Å². The van der Waals surface area contributed by atoms with Crippen LogP contribution in [0.15, 0.2) is 35.6 Å². The van der Waals surface area contributed by atoms with Gasteiger partial charge in [-0.05, 0) is 32.0 Å². The molecule has 1 aromatic carbocycles. The summed E-state index contributed by atoms with van der Waals surface area (Å²) in [5, 5.41) is 2.52. The third-order valence-corrected chi connectivity index (χ3v) is 6.90. The summed E-state index contributed by atoms with van der Waals surface area (Å²) < 4.78 is 43.4. The van der Waals surface area contributed by atoms with E-state index >= 15 is 0 Å². The molecule has 0 saturated carbocycles. The number of terminal acetylenes is 1. The third kappa shape index (κ3) is 5.55. The number of ether oxygens (including phenoxy) is 1. The molecule has 1 amide bonds. The number of rotatable bonds is 8. The predicted molar refractivity (Wildman–Crippen MR) is 115 cm³/mol. The average molecular weight is 447 g/mol. The molecule has 0 saturated heterocycles. The van der Waals surface area contributed by atoms with Gasteiger partial charge in [-0.3, -0.25) is 9.79 Å². The molecule has 0 radical (unpaired) electrons. The maximum atomic E-state index is 14.3. The summed E-state index contributed by atoms with van der Waals surface area (Å²) in [6, 6.07) is 3.60. The van der Waals surface area contributed by atoms with Gasteiger partial charge in [-0.25, -0.2) is 22.8 Å². The Morgan fingerprint density at radius 2 is 2.06 bits per heavy atom. The van der Waals surface area contributed by atoms with Gasteiger partial charge >= 0.3 is 0 Å². The lowest BCUT2D eigenvalue weighted by molar-refractivity contribution is 0.102. The van der Waals surface area contributed by atoms with Crippen LogP contribution in [0.1, 0.15) is 29.9 Å². The van der Waals surface area contributed by atoms with Crippen LogP contribution in [0.4, 0.5) is 10.1 Å². The highest BCUT2D eigenvalue weighted by molar-refractivity contribution is 7.92. The van der Waals surface area contributed by atoms with E-state index < -0.39 is 32.1 Å². The number of aliphatic imine (C=N–C) groups is 1. The van der Waals surface area contributed by atoms with Gasteiger partial charge in [0.05, 0.1) is 18.1 Å². The Morgan fingerprint density at radius 3 is 2.65 bits per heavy atom. The number of amidine groups is 1. The lowest BCUT2D eigenvalue weighted by Gasteiger charge is -2.24. The first kappa shape index (κ1) is 23.8. The lowest BCUT2D eigenvalue weighted by atomic mass is 10.2. The summed E-state index contributed by atoms with van der Waals surface area (Å²) in [7, 11) is -2.54. The van der Waals surface area contributed by atoms with E-state index in [-0.39, 0.29) is 35.3 Å². The number of benzene rings is 1. The molecule has 0 aliphatic carbocycles. The van der Waals surface area contributed by atoms with Crippen LogP contribution in [0.5, 0.6) is 5.88 Å². The highest BCUT2D eigenvalue weighted by Crippen LogP contribution is 2.25. The molecular formula is C20H22FN5O4S. The molecule has 9 nitrogen and oxygen atoms in total. The van der Waals surface area contributed by atoms with Crippen molar-refractivity contribution in [2.45, 2.75) is 24.3 Å². The Kier molecular flexibility index (Phi) is 7.30. The molecule has 0 unspecified atom stereocenters. The second kappa shape index (κ2) is 9.53. The molecule has 0 aliphatic rings. The Labute approximate surface area is 179 Å². The minimum absolute atomic E-state index is 0.00799. The monoisotopic (exact) mass is 447 g/mol. The molecule has 0 fully saturated rings. The van der Waals surface area contributed by atoms with Crippen LogP contribution in [-0.2, 0) is 15.6 Å². The molecule has 0 atom stereocenters. The first-order valence-corrected chi connectivity index (χ1v) is 10.6. The SMILES string of the molecule is C#CCOc1cnc(C(=O)Nc2ccc(F)c(CS(=O)(=O)C(C)(C)C(N)=NC)c2)cn1. The van der Waals surface area contributed by atoms with Crippen molar-refractivity contribution >= 4 is 27.3 Å². The highest BCUT2D eigenvalue weighted by atomic mass is 32.2. The van der Waals surface area contributed by atoms with E-state index in [1.165, 1.54) is 45.4 Å². The first-order chi connectivity index (χ1) is 14.5. The molecule has 11 heteroatoms. The molecule has 3 N–H and O–H groups in total. The van der Waals surface area contributed by atoms with E-state index in [1.807, 2.05) is 0 Å². The van der Waals surface area contributed by atoms with E-state index in [0.29, 0.717) is 0 Å². The van der Waals surface area contributed by atoms with Crippen LogP contribution in [-0.4, -0.2) is 48.5 Å². The minimum atomic E-state index is -3.92. The second-order valence-corrected chi connectivity index (χ2v) is 9.41. The quantitative estimate of drug-likeness (QED) is 0.356. The van der Waals surface area contributed by atoms with Crippen molar-refractivity contribution in [2.75, 3.05) is 19.0 Å². The molecule has 0 bridgehead atoms. The number of nitrogens with one attached hydrogen (secondary N) is 1. The Hall–Kier alpha value is -3.52. The van der Waals surface area contributed by atoms with Gasteiger partial charge in [0.2, 0.25) is 5.88 Å². The Balaban J connectivity index is 2.21. The van der Waals surface area contributed by atoms with E-state index in [2.05, 4.69) is 26.2 Å². The van der Waals surface area contributed by atoms with Crippen molar-refractivity contribution in [2.24, 2.45) is 10.7 Å². The van der Waals surface area contributed by atoms with Crippen molar-refractivity contribution in [3.63, 3.8) is 0 Å². The van der Waals surface area contributed by atoms with Crippen molar-refractivity contribution in [3.8, 4) is 18.2 Å². The number of nitrogens with zero attached hydrogens (tertiary/aromatic N) is 3. The van der Waals surface area contributed by atoms with E-state index in [9.17, 15) is 17.6 Å². The predicted octanol–water partition coefficient (Wildman–Crippen LogP) is 1.56. The lowest BCUT2D eigenvalue weighted by Crippen LogP contribution is -2.46. The minimum Gasteiger partial charge on any atom is -0.463 e. The number of anilines is 1. The van der Waals surface area contributed by atoms with Crippen LogP contribution in [0.2, 0.25) is 0 Å². The summed E-state index contributed by atoms with van der Waals surface area (Å²) in [5.74, 6) is 0.342. The molecule has 0 spiro atoms. The molecule has 31 heavy (non-hydrogen) atoms. The molecule has 0 aliphatic heterocycles. The molecule has 2 rings (SSSR count). The fourth-order valence-electron chi connectivity index (χ4n) is 2.40. The van der Waals surface area contributed by atoms with Crippen molar-refractivity contribution in [1.82, 2.24) is 9.97 Å². The van der Waals surface area contributed by atoms with Gasteiger partial charge in [0.1, 0.15) is 22.1 Å². The normalized spacial score (nSPS) is 12.2. The summed E-state index contributed by atoms with van der Waals surface area (Å²) in [6.45, 7) is 2.79. The van der Waals surface area contributed by atoms with Gasteiger partial charge in [0, 0.05) is 18.3 Å². The van der Waals surface area contributed by atoms with Gasteiger partial charge in [0.15, 0.2) is 16.4 Å². The summed E-state index contributed by atoms with van der Waals surface area (Å²) in [4.78, 5) is 23.9. The summed E-state index contributed by atoms with van der Waals surface area (Å²) in [6.07, 6.45) is 7.50. The van der Waals surface area contributed by atoms with Crippen LogP contribution in [0.25, 0.3) is 0 Å². The van der Waals surface area contributed by atoms with Gasteiger partial charge in [-0.15, -0.1) is 6.42 Å². The second-order valence-electron chi connectivity index (χ2n) is 6.87. The first-order valence-electron chi connectivity index (χ1n) is 8.95. The molecular weight excluding hydrogens is 425 g/mol. The van der Waals surface area contributed by atoms with Crippen LogP contribution >= 0.6 is 0 Å². The van der Waals surface area contributed by atoms with Gasteiger partial charge < -0.3 is 15.8 Å². The fourth-order valence-corrected chi connectivity index (χ4v) is 3.80. The number of carbonyl (C=O) groups excluding carboxylic acids is 1. The number of halogens is 1. The molecule has 2 aromatic rings. The molecule has 1 heterocycles. The van der Waals surface area contributed by atoms with Gasteiger partial charge in [-0.2, -0.15) is 0 Å². The van der Waals surface area contributed by atoms with Crippen LogP contribution in [0, 0.1) is 18.2 Å². The zero-order valence-corrected chi connectivity index (χ0v) is 18.0. The van der Waals surface area contributed by atoms with Gasteiger partial charge in [-0.1, -0.05) is 5.92 Å². The van der Waals surface area contributed by atoms with E-state index in [0.717, 1.165) is 6.07 Å². The topological polar surface area (TPSA) is 137 Å². The van der Waals surface area contributed by atoms with Crippen LogP contribution in [0.3, 0.4) is 0 Å². The smallest absolute Gasteiger partial charge is 0.275 e. The zero-order chi connectivity index (χ0) is 23.2. The largest absolute Gasteiger partial charge is 0.463 e. The van der Waals surface area contributed by atoms with Crippen molar-refractivity contribution < 1.29 is 22.3 Å². The number of amides is 1. The van der Waals surface area contributed by atoms with Crippen molar-refractivity contribution in [1.29, 1.82) is 0 Å². The number of sulfone groups is 1. The van der Waals surface area contributed by atoms with Gasteiger partial charge in [0.25, 0.3) is 5.91 Å². The van der Waals surface area contributed by atoms with E-state index in [1.54, 1.807) is 0 Å². The number of hydrogen-bond donors (Lipinski definition) is 2. The third-order valence-electron chi connectivity index (χ3n) is 4.45. The highest BCUT2D eigenvalue weighted by Gasteiger charge is 2.38. The summed E-state index contributed by atoms with van der Waals surface area (Å²) >= 11 is 0. The standard InChI is InChI=1S/C20H22FN5O4S/c1-5-8-30-17-11-24-16(10-25-17)18(27)26-14-6-7-15(21)13(9-14)12-31(28,29)20(2,3)19(22)23-4/h1,6-7,9-11H,8,12H2,2-4H3,(H2,22,23)(H,26,27). The molecule has 1 aromatic heterocycles. The van der Waals surface area contributed by atoms with Crippen molar-refractivity contribution in [3.05, 3.63) is 47.7 Å². The average Bonchev–Trinajstić information content (AvgIpc) is 2.73. The number of carbonyl (C=O) groups is 1. The number of aromatic nitrogens is 2. The zero-order valence-electron chi connectivity index (χ0n) is 17.2. The molecule has 164 valence electrons. The number of nitrogens with two attached hydrogens (primary N) is 1. The maximum absolute atomic E-state index is 14.3.